The van der Waals surface area contributed by atoms with Gasteiger partial charge < -0.3 is 4.90 Å². The molecule has 3 rings (SSSR count). The molecule has 0 aliphatic carbocycles. The summed E-state index contributed by atoms with van der Waals surface area (Å²) in [5.41, 5.74) is 1.15. The van der Waals surface area contributed by atoms with Gasteiger partial charge in [-0.15, -0.1) is 11.6 Å². The van der Waals surface area contributed by atoms with Crippen molar-refractivity contribution >= 4 is 44.3 Å². The lowest BCUT2D eigenvalue weighted by Gasteiger charge is -2.30. The van der Waals surface area contributed by atoms with Crippen LogP contribution in [-0.2, 0) is 4.79 Å². The molecule has 1 atom stereocenters. The number of benzene rings is 2. The summed E-state index contributed by atoms with van der Waals surface area (Å²) in [5.74, 6) is 0.664. The van der Waals surface area contributed by atoms with E-state index < -0.39 is 6.04 Å². The van der Waals surface area contributed by atoms with E-state index in [4.69, 9.17) is 16.6 Å². The van der Waals surface area contributed by atoms with Gasteiger partial charge in [-0.25, -0.2) is 4.98 Å². The number of nitrogens with zero attached hydrogens (tertiary/aromatic N) is 3. The summed E-state index contributed by atoms with van der Waals surface area (Å²) in [5, 5.41) is 0.536. The van der Waals surface area contributed by atoms with Gasteiger partial charge in [-0.2, -0.15) is 0 Å². The fourth-order valence-corrected chi connectivity index (χ4v) is 3.84. The molecule has 0 radical (unpaired) electrons. The van der Waals surface area contributed by atoms with Gasteiger partial charge in [0.05, 0.1) is 22.6 Å². The molecule has 0 spiro atoms. The maximum absolute atomic E-state index is 13.4. The van der Waals surface area contributed by atoms with Crippen LogP contribution < -0.4 is 5.56 Å². The van der Waals surface area contributed by atoms with Crippen molar-refractivity contribution in [2.24, 2.45) is 5.92 Å². The van der Waals surface area contributed by atoms with E-state index in [9.17, 15) is 9.59 Å². The van der Waals surface area contributed by atoms with Crippen LogP contribution >= 0.6 is 27.5 Å². The highest BCUT2D eigenvalue weighted by Crippen LogP contribution is 2.24. The van der Waals surface area contributed by atoms with Crippen LogP contribution in [0.2, 0.25) is 0 Å². The maximum atomic E-state index is 13.4. The summed E-state index contributed by atoms with van der Waals surface area (Å²) >= 11 is 9.35. The third-order valence-electron chi connectivity index (χ3n) is 5.11. The van der Waals surface area contributed by atoms with Gasteiger partial charge in [-0.3, -0.25) is 14.2 Å². The predicted octanol–water partition coefficient (Wildman–Crippen LogP) is 5.32. The Bertz CT molecular complexity index is 1100. The zero-order valence-electron chi connectivity index (χ0n) is 17.3. The molecule has 5 nitrogen and oxygen atoms in total. The van der Waals surface area contributed by atoms with E-state index in [1.165, 1.54) is 0 Å². The van der Waals surface area contributed by atoms with E-state index in [1.807, 2.05) is 49.4 Å². The Balaban J connectivity index is 2.21. The van der Waals surface area contributed by atoms with Gasteiger partial charge in [0.15, 0.2) is 0 Å². The first kappa shape index (κ1) is 22.5. The van der Waals surface area contributed by atoms with Gasteiger partial charge in [-0.05, 0) is 55.7 Å². The zero-order chi connectivity index (χ0) is 21.8. The van der Waals surface area contributed by atoms with E-state index in [0.29, 0.717) is 34.9 Å². The van der Waals surface area contributed by atoms with Crippen LogP contribution in [0, 0.1) is 5.92 Å². The van der Waals surface area contributed by atoms with Crippen LogP contribution in [0.4, 0.5) is 0 Å². The average molecular weight is 491 g/mol. The van der Waals surface area contributed by atoms with E-state index in [1.54, 1.807) is 15.5 Å². The lowest BCUT2D eigenvalue weighted by molar-refractivity contribution is -0.131. The summed E-state index contributed by atoms with van der Waals surface area (Å²) in [6.45, 7) is 6.67. The van der Waals surface area contributed by atoms with Gasteiger partial charge in [0.1, 0.15) is 11.7 Å². The Labute approximate surface area is 189 Å². The molecule has 1 aromatic heterocycles. The molecule has 0 N–H and O–H groups in total. The minimum Gasteiger partial charge on any atom is -0.332 e. The average Bonchev–Trinajstić information content (AvgIpc) is 2.74. The molecule has 0 fully saturated rings. The molecule has 3 aromatic rings. The first-order chi connectivity index (χ1) is 14.3. The van der Waals surface area contributed by atoms with Gasteiger partial charge in [0.25, 0.3) is 5.56 Å². The topological polar surface area (TPSA) is 55.2 Å². The molecule has 0 aliphatic heterocycles. The van der Waals surface area contributed by atoms with Crippen molar-refractivity contribution in [2.45, 2.75) is 33.2 Å². The van der Waals surface area contributed by atoms with E-state index in [0.717, 1.165) is 10.9 Å². The lowest BCUT2D eigenvalue weighted by Crippen LogP contribution is -2.39. The number of halogens is 2. The van der Waals surface area contributed by atoms with Crippen molar-refractivity contribution in [3.63, 3.8) is 0 Å². The molecular formula is C23H25BrClN3O2. The molecule has 158 valence electrons. The van der Waals surface area contributed by atoms with Gasteiger partial charge in [-0.1, -0.05) is 41.9 Å². The molecule has 0 aliphatic rings. The Hall–Kier alpha value is -2.18. The summed E-state index contributed by atoms with van der Waals surface area (Å²) in [6.07, 6.45) is 0.836. The Morgan fingerprint density at radius 1 is 1.13 bits per heavy atom. The first-order valence-electron chi connectivity index (χ1n) is 9.96. The van der Waals surface area contributed by atoms with Crippen molar-refractivity contribution < 1.29 is 4.79 Å². The highest BCUT2D eigenvalue weighted by molar-refractivity contribution is 9.10. The van der Waals surface area contributed by atoms with Gasteiger partial charge >= 0.3 is 0 Å². The summed E-state index contributed by atoms with van der Waals surface area (Å²) in [4.78, 5) is 32.6. The summed E-state index contributed by atoms with van der Waals surface area (Å²) in [6, 6.07) is 14.3. The maximum Gasteiger partial charge on any atom is 0.266 e. The normalized spacial score (nSPS) is 12.3. The van der Waals surface area contributed by atoms with E-state index >= 15 is 0 Å². The van der Waals surface area contributed by atoms with Crippen LogP contribution in [0.5, 0.6) is 0 Å². The van der Waals surface area contributed by atoms with E-state index in [2.05, 4.69) is 29.8 Å². The molecule has 0 bridgehead atoms. The smallest absolute Gasteiger partial charge is 0.266 e. The van der Waals surface area contributed by atoms with Crippen molar-refractivity contribution in [2.75, 3.05) is 12.4 Å². The molecule has 7 heteroatoms. The number of hydrogen-bond acceptors (Lipinski definition) is 3. The second-order valence-corrected chi connectivity index (χ2v) is 8.87. The van der Waals surface area contributed by atoms with E-state index in [-0.39, 0.29) is 17.3 Å². The number of alkyl halides is 1. The second-order valence-electron chi connectivity index (χ2n) is 7.68. The van der Waals surface area contributed by atoms with Crippen molar-refractivity contribution in [1.82, 2.24) is 14.5 Å². The van der Waals surface area contributed by atoms with Gasteiger partial charge in [0.2, 0.25) is 5.91 Å². The number of carbonyl (C=O) groups is 1. The Morgan fingerprint density at radius 2 is 1.80 bits per heavy atom. The van der Waals surface area contributed by atoms with Crippen LogP contribution in [-0.4, -0.2) is 32.8 Å². The minimum atomic E-state index is -0.420. The zero-order valence-corrected chi connectivity index (χ0v) is 19.7. The molecular weight excluding hydrogens is 466 g/mol. The first-order valence-corrected chi connectivity index (χ1v) is 11.3. The van der Waals surface area contributed by atoms with Crippen molar-refractivity contribution in [3.8, 4) is 5.69 Å². The third-order valence-corrected chi connectivity index (χ3v) is 5.87. The largest absolute Gasteiger partial charge is 0.332 e. The minimum absolute atomic E-state index is 0.113. The SMILES string of the molecule is CC(C)CCN(C(=O)CCl)C(C)c1nc2ccccc2c(=O)n1-c1ccc(Br)cc1. The number of hydrogen-bond donors (Lipinski definition) is 0. The molecule has 0 saturated carbocycles. The molecule has 30 heavy (non-hydrogen) atoms. The standard InChI is InChI=1S/C23H25BrClN3O2/c1-15(2)12-13-27(21(29)14-25)16(3)22-26-20-7-5-4-6-19(20)23(30)28(22)18-10-8-17(24)9-11-18/h4-11,15-16H,12-14H2,1-3H3. The molecule has 1 amide bonds. The van der Waals surface area contributed by atoms with Crippen LogP contribution in [0.3, 0.4) is 0 Å². The quantitative estimate of drug-likeness (QED) is 0.421. The van der Waals surface area contributed by atoms with Crippen molar-refractivity contribution in [3.05, 3.63) is 69.2 Å². The number of aromatic nitrogens is 2. The fourth-order valence-electron chi connectivity index (χ4n) is 3.42. The number of fused-ring (bicyclic) bond motifs is 1. The fraction of sp³-hybridized carbons (Fsp3) is 0.348. The van der Waals surface area contributed by atoms with Gasteiger partial charge in [0, 0.05) is 11.0 Å². The number of para-hydroxylation sites is 1. The highest BCUT2D eigenvalue weighted by Gasteiger charge is 2.26. The van der Waals surface area contributed by atoms with Crippen LogP contribution in [0.1, 0.15) is 39.1 Å². The summed E-state index contributed by atoms with van der Waals surface area (Å²) in [7, 11) is 0. The predicted molar refractivity (Wildman–Crippen MR) is 125 cm³/mol. The molecule has 1 unspecified atom stereocenters. The lowest BCUT2D eigenvalue weighted by atomic mass is 10.1. The number of rotatable bonds is 7. The Kier molecular flexibility index (Phi) is 7.32. The molecule has 0 saturated heterocycles. The monoisotopic (exact) mass is 489 g/mol. The molecule has 1 heterocycles. The number of amides is 1. The number of carbonyl (C=O) groups excluding carboxylic acids is 1. The highest BCUT2D eigenvalue weighted by atomic mass is 79.9. The van der Waals surface area contributed by atoms with Crippen molar-refractivity contribution in [1.29, 1.82) is 0 Å². The molecule has 2 aromatic carbocycles. The second kappa shape index (κ2) is 9.75. The summed E-state index contributed by atoms with van der Waals surface area (Å²) < 4.78 is 2.52. The third kappa shape index (κ3) is 4.76. The van der Waals surface area contributed by atoms with Crippen LogP contribution in [0.25, 0.3) is 16.6 Å². The van der Waals surface area contributed by atoms with Crippen LogP contribution in [0.15, 0.2) is 57.8 Å². The Morgan fingerprint density at radius 3 is 2.43 bits per heavy atom.